The highest BCUT2D eigenvalue weighted by Gasteiger charge is 2.10. The summed E-state index contributed by atoms with van der Waals surface area (Å²) in [6.07, 6.45) is 5.29. The molecule has 1 aromatic carbocycles. The van der Waals surface area contributed by atoms with Gasteiger partial charge in [-0.25, -0.2) is 0 Å². The van der Waals surface area contributed by atoms with Gasteiger partial charge in [-0.1, -0.05) is 35.5 Å². The van der Waals surface area contributed by atoms with Crippen LogP contribution in [0, 0.1) is 0 Å². The summed E-state index contributed by atoms with van der Waals surface area (Å²) in [5.41, 5.74) is 1.81. The first-order valence-corrected chi connectivity index (χ1v) is 9.81. The SMILES string of the molecule is O=C(CCc1ccc(-c2ccccc2)o1)OCCCc1nc(-c2cccnc2)no1. The third-order valence-electron chi connectivity index (χ3n) is 4.48. The Morgan fingerprint density at radius 3 is 2.67 bits per heavy atom. The molecule has 0 saturated heterocycles. The van der Waals surface area contributed by atoms with E-state index < -0.39 is 0 Å². The Hall–Kier alpha value is -3.74. The number of hydrogen-bond donors (Lipinski definition) is 0. The number of nitrogens with zero attached hydrogens (tertiary/aromatic N) is 3. The normalized spacial score (nSPS) is 10.8. The van der Waals surface area contributed by atoms with Crippen LogP contribution in [0.4, 0.5) is 0 Å². The Kier molecular flexibility index (Phi) is 6.29. The van der Waals surface area contributed by atoms with Gasteiger partial charge in [0.05, 0.1) is 13.0 Å². The molecular formula is C23H21N3O4. The maximum atomic E-state index is 12.0. The fraction of sp³-hybridized carbons (Fsp3) is 0.217. The molecule has 0 atom stereocenters. The smallest absolute Gasteiger partial charge is 0.306 e. The van der Waals surface area contributed by atoms with Crippen LogP contribution in [0.1, 0.15) is 24.5 Å². The van der Waals surface area contributed by atoms with Gasteiger partial charge in [-0.2, -0.15) is 4.98 Å². The molecule has 0 radical (unpaired) electrons. The van der Waals surface area contributed by atoms with Crippen LogP contribution < -0.4 is 0 Å². The number of esters is 1. The van der Waals surface area contributed by atoms with Crippen molar-refractivity contribution in [2.75, 3.05) is 6.61 Å². The van der Waals surface area contributed by atoms with E-state index >= 15 is 0 Å². The van der Waals surface area contributed by atoms with Crippen LogP contribution in [0.5, 0.6) is 0 Å². The van der Waals surface area contributed by atoms with Gasteiger partial charge in [0.1, 0.15) is 11.5 Å². The van der Waals surface area contributed by atoms with Crippen molar-refractivity contribution in [3.05, 3.63) is 78.6 Å². The van der Waals surface area contributed by atoms with E-state index in [0.717, 1.165) is 22.6 Å². The van der Waals surface area contributed by atoms with Crippen LogP contribution in [0.25, 0.3) is 22.7 Å². The summed E-state index contributed by atoms with van der Waals surface area (Å²) < 4.78 is 16.3. The number of aromatic nitrogens is 3. The van der Waals surface area contributed by atoms with Gasteiger partial charge in [-0.3, -0.25) is 9.78 Å². The topological polar surface area (TPSA) is 91.2 Å². The number of pyridine rings is 1. The highest BCUT2D eigenvalue weighted by molar-refractivity contribution is 5.69. The molecule has 7 heteroatoms. The molecule has 0 aliphatic rings. The van der Waals surface area contributed by atoms with Gasteiger partial charge in [-0.15, -0.1) is 0 Å². The molecule has 0 aliphatic heterocycles. The van der Waals surface area contributed by atoms with E-state index in [2.05, 4.69) is 15.1 Å². The molecule has 4 rings (SSSR count). The van der Waals surface area contributed by atoms with E-state index in [1.807, 2.05) is 54.6 Å². The number of furan rings is 1. The summed E-state index contributed by atoms with van der Waals surface area (Å²) in [5, 5.41) is 3.94. The lowest BCUT2D eigenvalue weighted by molar-refractivity contribution is -0.143. The highest BCUT2D eigenvalue weighted by Crippen LogP contribution is 2.22. The van der Waals surface area contributed by atoms with Gasteiger partial charge >= 0.3 is 5.97 Å². The molecule has 0 amide bonds. The molecule has 0 fully saturated rings. The Balaban J connectivity index is 1.16. The molecule has 0 bridgehead atoms. The van der Waals surface area contributed by atoms with E-state index in [9.17, 15) is 4.79 Å². The van der Waals surface area contributed by atoms with Gasteiger partial charge in [0.2, 0.25) is 11.7 Å². The number of hydrogen-bond acceptors (Lipinski definition) is 7. The summed E-state index contributed by atoms with van der Waals surface area (Å²) in [4.78, 5) is 20.3. The van der Waals surface area contributed by atoms with Crippen LogP contribution in [0.15, 0.2) is 75.9 Å². The summed E-state index contributed by atoms with van der Waals surface area (Å²) in [5.74, 6) is 2.32. The molecule has 152 valence electrons. The average molecular weight is 403 g/mol. The van der Waals surface area contributed by atoms with Gasteiger partial charge in [0.25, 0.3) is 0 Å². The van der Waals surface area contributed by atoms with Crippen molar-refractivity contribution in [3.8, 4) is 22.7 Å². The van der Waals surface area contributed by atoms with Crippen molar-refractivity contribution in [1.29, 1.82) is 0 Å². The zero-order valence-corrected chi connectivity index (χ0v) is 16.4. The summed E-state index contributed by atoms with van der Waals surface area (Å²) >= 11 is 0. The van der Waals surface area contributed by atoms with Crippen LogP contribution >= 0.6 is 0 Å². The fourth-order valence-corrected chi connectivity index (χ4v) is 2.95. The molecule has 0 saturated carbocycles. The third kappa shape index (κ3) is 5.20. The largest absolute Gasteiger partial charge is 0.466 e. The third-order valence-corrected chi connectivity index (χ3v) is 4.48. The van der Waals surface area contributed by atoms with Crippen LogP contribution in [-0.2, 0) is 22.4 Å². The summed E-state index contributed by atoms with van der Waals surface area (Å²) in [6.45, 7) is 0.302. The lowest BCUT2D eigenvalue weighted by atomic mass is 10.2. The van der Waals surface area contributed by atoms with Crippen molar-refractivity contribution in [2.45, 2.75) is 25.7 Å². The Morgan fingerprint density at radius 2 is 1.83 bits per heavy atom. The minimum atomic E-state index is -0.255. The van der Waals surface area contributed by atoms with E-state index in [4.69, 9.17) is 13.7 Å². The number of benzene rings is 1. The zero-order chi connectivity index (χ0) is 20.6. The monoisotopic (exact) mass is 403 g/mol. The van der Waals surface area contributed by atoms with Crippen molar-refractivity contribution >= 4 is 5.97 Å². The second-order valence-corrected chi connectivity index (χ2v) is 6.71. The van der Waals surface area contributed by atoms with Crippen LogP contribution in [-0.4, -0.2) is 27.7 Å². The maximum absolute atomic E-state index is 12.0. The number of aryl methyl sites for hydroxylation is 2. The first kappa shape index (κ1) is 19.6. The molecule has 0 spiro atoms. The lowest BCUT2D eigenvalue weighted by Crippen LogP contribution is -2.07. The van der Waals surface area contributed by atoms with Gasteiger partial charge in [0.15, 0.2) is 0 Å². The van der Waals surface area contributed by atoms with Gasteiger partial charge < -0.3 is 13.7 Å². The Morgan fingerprint density at radius 1 is 0.967 bits per heavy atom. The molecule has 4 aromatic rings. The predicted octanol–water partition coefficient (Wildman–Crippen LogP) is 4.50. The number of rotatable bonds is 9. The molecule has 7 nitrogen and oxygen atoms in total. The standard InChI is InChI=1S/C23H21N3O4/c27-22(13-11-19-10-12-20(29-19)17-6-2-1-3-7-17)28-15-5-9-21-25-23(26-30-21)18-8-4-14-24-16-18/h1-4,6-8,10,12,14,16H,5,9,11,13,15H2. The van der Waals surface area contributed by atoms with Gasteiger partial charge in [-0.05, 0) is 30.7 Å². The maximum Gasteiger partial charge on any atom is 0.306 e. The summed E-state index contributed by atoms with van der Waals surface area (Å²) in [6, 6.07) is 17.3. The van der Waals surface area contributed by atoms with E-state index in [-0.39, 0.29) is 12.4 Å². The molecule has 0 N–H and O–H groups in total. The minimum absolute atomic E-state index is 0.255. The quantitative estimate of drug-likeness (QED) is 0.300. The molecule has 3 heterocycles. The lowest BCUT2D eigenvalue weighted by Gasteiger charge is -2.03. The van der Waals surface area contributed by atoms with Crippen molar-refractivity contribution in [3.63, 3.8) is 0 Å². The second kappa shape index (κ2) is 9.65. The van der Waals surface area contributed by atoms with Crippen molar-refractivity contribution < 1.29 is 18.5 Å². The molecule has 0 aliphatic carbocycles. The molecule has 30 heavy (non-hydrogen) atoms. The van der Waals surface area contributed by atoms with E-state index in [0.29, 0.717) is 37.6 Å². The number of carbonyl (C=O) groups is 1. The first-order chi connectivity index (χ1) is 14.8. The Labute approximate surface area is 173 Å². The molecule has 0 unspecified atom stereocenters. The number of ether oxygens (including phenoxy) is 1. The second-order valence-electron chi connectivity index (χ2n) is 6.71. The fourth-order valence-electron chi connectivity index (χ4n) is 2.95. The molecule has 3 aromatic heterocycles. The van der Waals surface area contributed by atoms with E-state index in [1.54, 1.807) is 12.4 Å². The van der Waals surface area contributed by atoms with Crippen LogP contribution in [0.2, 0.25) is 0 Å². The van der Waals surface area contributed by atoms with Crippen molar-refractivity contribution in [1.82, 2.24) is 15.1 Å². The van der Waals surface area contributed by atoms with E-state index in [1.165, 1.54) is 0 Å². The zero-order valence-electron chi connectivity index (χ0n) is 16.4. The van der Waals surface area contributed by atoms with Gasteiger partial charge in [0, 0.05) is 36.4 Å². The first-order valence-electron chi connectivity index (χ1n) is 9.81. The molecular weight excluding hydrogens is 382 g/mol. The average Bonchev–Trinajstić information content (AvgIpc) is 3.46. The highest BCUT2D eigenvalue weighted by atomic mass is 16.5. The van der Waals surface area contributed by atoms with Crippen LogP contribution in [0.3, 0.4) is 0 Å². The minimum Gasteiger partial charge on any atom is -0.466 e. The van der Waals surface area contributed by atoms with Crippen molar-refractivity contribution in [2.24, 2.45) is 0 Å². The Bertz CT molecular complexity index is 1070. The number of carbonyl (C=O) groups excluding carboxylic acids is 1. The predicted molar refractivity (Wildman–Crippen MR) is 109 cm³/mol. The summed E-state index contributed by atoms with van der Waals surface area (Å²) in [7, 11) is 0.